The third-order valence-electron chi connectivity index (χ3n) is 5.16. The molecule has 7 heteroatoms. The highest BCUT2D eigenvalue weighted by Gasteiger charge is 2.41. The predicted octanol–water partition coefficient (Wildman–Crippen LogP) is 4.43. The fraction of sp³-hybridized carbons (Fsp3) is 0.273. The van der Waals surface area contributed by atoms with Gasteiger partial charge in [-0.05, 0) is 48.4 Å². The summed E-state index contributed by atoms with van der Waals surface area (Å²) in [7, 11) is 3.31. The van der Waals surface area contributed by atoms with Crippen molar-refractivity contribution in [1.29, 1.82) is 0 Å². The average Bonchev–Trinajstić information content (AvgIpc) is 3.29. The Labute approximate surface area is 178 Å². The van der Waals surface area contributed by atoms with E-state index < -0.39 is 0 Å². The normalized spacial score (nSPS) is 15.6. The smallest absolute Gasteiger partial charge is 0.273 e. The van der Waals surface area contributed by atoms with Crippen molar-refractivity contribution in [2.45, 2.75) is 12.5 Å². The van der Waals surface area contributed by atoms with Crippen LogP contribution in [0, 0.1) is 0 Å². The molecule has 6 nitrogen and oxygen atoms in total. The standard InChI is InChI=1S/C22H22BrN3O3/c1-28-13-3-12-26-21(15-4-8-16(23)9-5-15)18-19(24-25-20(18)22(26)27)14-6-10-17(29-2)11-7-14/h4-11,21H,3,12-13H2,1-2H3,(H,24,25). The summed E-state index contributed by atoms with van der Waals surface area (Å²) in [4.78, 5) is 15.1. The molecule has 150 valence electrons. The Morgan fingerprint density at radius 1 is 1.10 bits per heavy atom. The Morgan fingerprint density at radius 2 is 1.83 bits per heavy atom. The van der Waals surface area contributed by atoms with Gasteiger partial charge in [0.15, 0.2) is 0 Å². The number of H-pyrrole nitrogens is 1. The first-order valence-corrected chi connectivity index (χ1v) is 10.2. The van der Waals surface area contributed by atoms with Gasteiger partial charge in [-0.2, -0.15) is 5.10 Å². The Bertz CT molecular complexity index is 999. The van der Waals surface area contributed by atoms with Crippen molar-refractivity contribution in [3.05, 3.63) is 69.8 Å². The topological polar surface area (TPSA) is 67.5 Å². The first-order valence-electron chi connectivity index (χ1n) is 9.42. The van der Waals surface area contributed by atoms with E-state index in [1.54, 1.807) is 14.2 Å². The van der Waals surface area contributed by atoms with Crippen molar-refractivity contribution in [3.8, 4) is 17.0 Å². The molecule has 3 aromatic rings. The number of carbonyl (C=O) groups is 1. The molecule has 1 atom stereocenters. The molecule has 1 amide bonds. The molecule has 1 aliphatic rings. The number of ether oxygens (including phenoxy) is 2. The summed E-state index contributed by atoms with van der Waals surface area (Å²) in [6.45, 7) is 1.21. The minimum atomic E-state index is -0.196. The van der Waals surface area contributed by atoms with E-state index >= 15 is 0 Å². The van der Waals surface area contributed by atoms with Crippen molar-refractivity contribution >= 4 is 21.8 Å². The Morgan fingerprint density at radius 3 is 2.48 bits per heavy atom. The molecular formula is C22H22BrN3O3. The highest BCUT2D eigenvalue weighted by molar-refractivity contribution is 9.10. The zero-order valence-corrected chi connectivity index (χ0v) is 17.9. The van der Waals surface area contributed by atoms with E-state index in [1.165, 1.54) is 0 Å². The lowest BCUT2D eigenvalue weighted by atomic mass is 9.96. The van der Waals surface area contributed by atoms with Crippen LogP contribution in [0.15, 0.2) is 53.0 Å². The molecule has 0 saturated heterocycles. The lowest BCUT2D eigenvalue weighted by Crippen LogP contribution is -2.31. The Kier molecular flexibility index (Phi) is 5.69. The van der Waals surface area contributed by atoms with Gasteiger partial charge in [-0.25, -0.2) is 0 Å². The van der Waals surface area contributed by atoms with Gasteiger partial charge in [0, 0.05) is 35.9 Å². The van der Waals surface area contributed by atoms with E-state index in [0.29, 0.717) is 18.8 Å². The second-order valence-electron chi connectivity index (χ2n) is 6.89. The van der Waals surface area contributed by atoms with Crippen molar-refractivity contribution in [1.82, 2.24) is 15.1 Å². The number of aromatic nitrogens is 2. The number of rotatable bonds is 7. The zero-order valence-electron chi connectivity index (χ0n) is 16.3. The highest BCUT2D eigenvalue weighted by atomic mass is 79.9. The van der Waals surface area contributed by atoms with E-state index in [0.717, 1.165) is 39.0 Å². The molecular weight excluding hydrogens is 434 g/mol. The van der Waals surface area contributed by atoms with Crippen molar-refractivity contribution in [2.24, 2.45) is 0 Å². The largest absolute Gasteiger partial charge is 0.497 e. The van der Waals surface area contributed by atoms with E-state index in [4.69, 9.17) is 9.47 Å². The minimum absolute atomic E-state index is 0.0312. The molecule has 1 unspecified atom stereocenters. The third-order valence-corrected chi connectivity index (χ3v) is 5.69. The predicted molar refractivity (Wildman–Crippen MR) is 114 cm³/mol. The monoisotopic (exact) mass is 455 g/mol. The number of nitrogens with zero attached hydrogens (tertiary/aromatic N) is 2. The first kappa shape index (κ1) is 19.7. The van der Waals surface area contributed by atoms with E-state index in [9.17, 15) is 4.79 Å². The lowest BCUT2D eigenvalue weighted by molar-refractivity contribution is 0.0723. The second-order valence-corrected chi connectivity index (χ2v) is 7.80. The maximum atomic E-state index is 13.2. The molecule has 1 aliphatic heterocycles. The van der Waals surface area contributed by atoms with Gasteiger partial charge in [0.1, 0.15) is 11.4 Å². The summed E-state index contributed by atoms with van der Waals surface area (Å²) in [6.07, 6.45) is 0.769. The number of hydrogen-bond donors (Lipinski definition) is 1. The SMILES string of the molecule is COCCCN1C(=O)c2[nH]nc(-c3ccc(OC)cc3)c2C1c1ccc(Br)cc1. The van der Waals surface area contributed by atoms with Gasteiger partial charge in [0.25, 0.3) is 5.91 Å². The highest BCUT2D eigenvalue weighted by Crippen LogP contribution is 2.43. The van der Waals surface area contributed by atoms with Crippen LogP contribution in [-0.4, -0.2) is 48.4 Å². The molecule has 1 aromatic heterocycles. The maximum Gasteiger partial charge on any atom is 0.273 e. The number of halogens is 1. The van der Waals surface area contributed by atoms with Gasteiger partial charge in [-0.1, -0.05) is 28.1 Å². The van der Waals surface area contributed by atoms with Crippen LogP contribution in [0.3, 0.4) is 0 Å². The number of benzene rings is 2. The van der Waals surface area contributed by atoms with Crippen LogP contribution in [0.25, 0.3) is 11.3 Å². The molecule has 0 spiro atoms. The van der Waals surface area contributed by atoms with Crippen molar-refractivity contribution < 1.29 is 14.3 Å². The van der Waals surface area contributed by atoms with Crippen molar-refractivity contribution in [2.75, 3.05) is 27.4 Å². The van der Waals surface area contributed by atoms with E-state index in [1.807, 2.05) is 53.4 Å². The number of carbonyl (C=O) groups excluding carboxylic acids is 1. The fourth-order valence-electron chi connectivity index (χ4n) is 3.77. The molecule has 0 fully saturated rings. The molecule has 0 radical (unpaired) electrons. The van der Waals surface area contributed by atoms with Crippen LogP contribution in [0.1, 0.15) is 34.1 Å². The number of fused-ring (bicyclic) bond motifs is 1. The van der Waals surface area contributed by atoms with Crippen LogP contribution in [-0.2, 0) is 4.74 Å². The molecule has 29 heavy (non-hydrogen) atoms. The average molecular weight is 456 g/mol. The quantitative estimate of drug-likeness (QED) is 0.535. The van der Waals surface area contributed by atoms with E-state index in [2.05, 4.69) is 26.1 Å². The molecule has 2 aromatic carbocycles. The van der Waals surface area contributed by atoms with Crippen LogP contribution in [0.5, 0.6) is 5.75 Å². The van der Waals surface area contributed by atoms with Crippen LogP contribution in [0.4, 0.5) is 0 Å². The molecule has 0 bridgehead atoms. The third kappa shape index (κ3) is 3.68. The van der Waals surface area contributed by atoms with Crippen LogP contribution in [0.2, 0.25) is 0 Å². The fourth-order valence-corrected chi connectivity index (χ4v) is 4.03. The van der Waals surface area contributed by atoms with E-state index in [-0.39, 0.29) is 11.9 Å². The number of aromatic amines is 1. The van der Waals surface area contributed by atoms with Gasteiger partial charge in [-0.3, -0.25) is 9.89 Å². The second kappa shape index (κ2) is 8.39. The molecule has 0 saturated carbocycles. The van der Waals surface area contributed by atoms with Gasteiger partial charge >= 0.3 is 0 Å². The Hall–Kier alpha value is -2.64. The number of hydrogen-bond acceptors (Lipinski definition) is 4. The zero-order chi connectivity index (χ0) is 20.4. The summed E-state index contributed by atoms with van der Waals surface area (Å²) < 4.78 is 11.5. The van der Waals surface area contributed by atoms with Crippen LogP contribution < -0.4 is 4.74 Å². The number of methoxy groups -OCH3 is 2. The Balaban J connectivity index is 1.79. The molecule has 0 aliphatic carbocycles. The minimum Gasteiger partial charge on any atom is -0.497 e. The first-order chi connectivity index (χ1) is 14.1. The maximum absolute atomic E-state index is 13.2. The lowest BCUT2D eigenvalue weighted by Gasteiger charge is -2.26. The van der Waals surface area contributed by atoms with Gasteiger partial charge < -0.3 is 14.4 Å². The van der Waals surface area contributed by atoms with Gasteiger partial charge in [0.05, 0.1) is 18.8 Å². The number of amides is 1. The number of nitrogens with one attached hydrogen (secondary N) is 1. The molecule has 1 N–H and O–H groups in total. The summed E-state index contributed by atoms with van der Waals surface area (Å²) in [5.74, 6) is 0.749. The summed E-state index contributed by atoms with van der Waals surface area (Å²) in [6, 6.07) is 15.6. The summed E-state index contributed by atoms with van der Waals surface area (Å²) in [5, 5.41) is 7.47. The molecule has 2 heterocycles. The summed E-state index contributed by atoms with van der Waals surface area (Å²) in [5.41, 5.74) is 4.25. The summed E-state index contributed by atoms with van der Waals surface area (Å²) >= 11 is 3.49. The molecule has 4 rings (SSSR count). The van der Waals surface area contributed by atoms with Crippen LogP contribution >= 0.6 is 15.9 Å². The van der Waals surface area contributed by atoms with Gasteiger partial charge in [-0.15, -0.1) is 0 Å². The van der Waals surface area contributed by atoms with Crippen molar-refractivity contribution in [3.63, 3.8) is 0 Å². The van der Waals surface area contributed by atoms with Gasteiger partial charge in [0.2, 0.25) is 0 Å².